The Bertz CT molecular complexity index is 392. The van der Waals surface area contributed by atoms with Crippen LogP contribution in [0.4, 0.5) is 0 Å². The highest BCUT2D eigenvalue weighted by molar-refractivity contribution is 6.07. The van der Waals surface area contributed by atoms with Crippen LogP contribution in [0, 0.1) is 6.92 Å². The maximum absolute atomic E-state index is 5.45. The van der Waals surface area contributed by atoms with E-state index in [1.54, 1.807) is 0 Å². The lowest BCUT2D eigenvalue weighted by Gasteiger charge is -1.88. The Morgan fingerprint density at radius 2 is 2.27 bits per heavy atom. The van der Waals surface area contributed by atoms with E-state index in [0.29, 0.717) is 0 Å². The molecule has 1 heterocycles. The minimum Gasteiger partial charge on any atom is -0.330 e. The minimum absolute atomic E-state index is 0.943. The Balaban J connectivity index is 2.82. The topological polar surface area (TPSA) is 17.8 Å². The van der Waals surface area contributed by atoms with Crippen LogP contribution in [0.25, 0.3) is 10.9 Å². The van der Waals surface area contributed by atoms with E-state index in [1.165, 1.54) is 10.2 Å². The number of aromatic nitrogens is 2. The van der Waals surface area contributed by atoms with Gasteiger partial charge in [0.05, 0.1) is 5.52 Å². The maximum atomic E-state index is 5.45. The van der Waals surface area contributed by atoms with Gasteiger partial charge in [-0.05, 0) is 19.1 Å². The molecular weight excluding hydrogens is 135 g/mol. The second kappa shape index (κ2) is 2.12. The molecule has 3 heteroatoms. The van der Waals surface area contributed by atoms with Crippen molar-refractivity contribution in [2.75, 3.05) is 0 Å². The quantitative estimate of drug-likeness (QED) is 0.506. The molecule has 1 aromatic heterocycles. The number of hydrogen-bond acceptors (Lipinski definition) is 1. The van der Waals surface area contributed by atoms with Crippen LogP contribution >= 0.6 is 0 Å². The average Bonchev–Trinajstić information content (AvgIpc) is 2.27. The Morgan fingerprint density at radius 3 is 3.09 bits per heavy atom. The summed E-state index contributed by atoms with van der Waals surface area (Å²) >= 11 is 0. The van der Waals surface area contributed by atoms with Crippen molar-refractivity contribution in [3.63, 3.8) is 0 Å². The number of rotatable bonds is 0. The molecule has 0 atom stereocenters. The zero-order valence-electron chi connectivity index (χ0n) is 6.28. The number of nitrogens with zero attached hydrogens (tertiary/aromatic N) is 2. The third-order valence-corrected chi connectivity index (χ3v) is 1.68. The molecule has 0 saturated carbocycles. The summed E-state index contributed by atoms with van der Waals surface area (Å²) in [6, 6.07) is 6.05. The summed E-state index contributed by atoms with van der Waals surface area (Å²) in [4.78, 5) is 0. The third-order valence-electron chi connectivity index (χ3n) is 1.68. The number of benzene rings is 1. The van der Waals surface area contributed by atoms with Gasteiger partial charge in [0.1, 0.15) is 0 Å². The molecule has 0 saturated heterocycles. The van der Waals surface area contributed by atoms with Crippen LogP contribution in [-0.2, 0) is 0 Å². The first-order chi connectivity index (χ1) is 5.25. The first kappa shape index (κ1) is 6.46. The van der Waals surface area contributed by atoms with Gasteiger partial charge in [-0.2, -0.15) is 5.10 Å². The van der Waals surface area contributed by atoms with Gasteiger partial charge < -0.3 is 4.59 Å². The number of aryl methyl sites for hydroxylation is 1. The molecular formula is C8H7BN2. The van der Waals surface area contributed by atoms with Crippen molar-refractivity contribution >= 4 is 18.9 Å². The largest absolute Gasteiger partial charge is 0.330 e. The van der Waals surface area contributed by atoms with Gasteiger partial charge in [-0.15, -0.1) is 0 Å². The second-order valence-electron chi connectivity index (χ2n) is 2.67. The molecule has 11 heavy (non-hydrogen) atoms. The highest BCUT2D eigenvalue weighted by Crippen LogP contribution is 2.12. The summed E-state index contributed by atoms with van der Waals surface area (Å²) in [5.41, 5.74) is 2.17. The fourth-order valence-electron chi connectivity index (χ4n) is 1.16. The van der Waals surface area contributed by atoms with E-state index in [1.807, 2.05) is 25.3 Å². The van der Waals surface area contributed by atoms with E-state index in [2.05, 4.69) is 11.2 Å². The number of fused-ring (bicyclic) bond motifs is 1. The predicted molar refractivity (Wildman–Crippen MR) is 45.6 cm³/mol. The molecule has 0 aliphatic rings. The van der Waals surface area contributed by atoms with Gasteiger partial charge in [-0.25, -0.2) is 0 Å². The van der Waals surface area contributed by atoms with Crippen LogP contribution < -0.4 is 0 Å². The normalized spacial score (nSPS) is 10.6. The summed E-state index contributed by atoms with van der Waals surface area (Å²) in [6.07, 6.45) is 1.81. The first-order valence-corrected chi connectivity index (χ1v) is 3.47. The Hall–Kier alpha value is -1.25. The van der Waals surface area contributed by atoms with E-state index in [9.17, 15) is 0 Å². The highest BCUT2D eigenvalue weighted by Gasteiger charge is 1.95. The van der Waals surface area contributed by atoms with E-state index < -0.39 is 0 Å². The summed E-state index contributed by atoms with van der Waals surface area (Å²) in [7, 11) is 5.45. The summed E-state index contributed by atoms with van der Waals surface area (Å²) in [6.45, 7) is 2.05. The van der Waals surface area contributed by atoms with Crippen molar-refractivity contribution in [1.29, 1.82) is 0 Å². The van der Waals surface area contributed by atoms with E-state index in [4.69, 9.17) is 7.98 Å². The maximum Gasteiger partial charge on any atom is 0.264 e. The Morgan fingerprint density at radius 1 is 1.45 bits per heavy atom. The van der Waals surface area contributed by atoms with Gasteiger partial charge >= 0.3 is 0 Å². The van der Waals surface area contributed by atoms with Crippen molar-refractivity contribution < 1.29 is 0 Å². The summed E-state index contributed by atoms with van der Waals surface area (Å²) in [5.74, 6) is 0. The molecule has 0 amide bonds. The number of hydrogen-bond donors (Lipinski definition) is 0. The third kappa shape index (κ3) is 1.02. The van der Waals surface area contributed by atoms with Crippen LogP contribution in [0.5, 0.6) is 0 Å². The summed E-state index contributed by atoms with van der Waals surface area (Å²) < 4.78 is 1.34. The van der Waals surface area contributed by atoms with Crippen molar-refractivity contribution in [2.24, 2.45) is 0 Å². The smallest absolute Gasteiger partial charge is 0.264 e. The van der Waals surface area contributed by atoms with Gasteiger partial charge in [-0.1, -0.05) is 11.6 Å². The average molecular weight is 142 g/mol. The standard InChI is InChI=1S/C8H7BN2/c1-6-2-3-8-7(4-6)5-11(9)10-8/h2-5H,1H3. The lowest BCUT2D eigenvalue weighted by atomic mass is 10.2. The fraction of sp³-hybridized carbons (Fsp3) is 0.125. The Labute approximate surface area is 66.3 Å². The molecule has 2 nitrogen and oxygen atoms in total. The minimum atomic E-state index is 0.943. The lowest BCUT2D eigenvalue weighted by molar-refractivity contribution is 1.01. The zero-order valence-corrected chi connectivity index (χ0v) is 6.28. The van der Waals surface area contributed by atoms with Crippen molar-refractivity contribution in [3.8, 4) is 0 Å². The van der Waals surface area contributed by atoms with Crippen LogP contribution in [0.3, 0.4) is 0 Å². The van der Waals surface area contributed by atoms with Gasteiger partial charge in [0.25, 0.3) is 7.98 Å². The molecule has 0 fully saturated rings. The van der Waals surface area contributed by atoms with Crippen LogP contribution in [0.15, 0.2) is 24.4 Å². The monoisotopic (exact) mass is 142 g/mol. The van der Waals surface area contributed by atoms with Gasteiger partial charge in [0.2, 0.25) is 0 Å². The fourth-order valence-corrected chi connectivity index (χ4v) is 1.16. The molecule has 0 spiro atoms. The van der Waals surface area contributed by atoms with E-state index in [0.717, 1.165) is 10.9 Å². The van der Waals surface area contributed by atoms with Crippen molar-refractivity contribution in [3.05, 3.63) is 30.0 Å². The second-order valence-corrected chi connectivity index (χ2v) is 2.67. The molecule has 2 rings (SSSR count). The van der Waals surface area contributed by atoms with Gasteiger partial charge in [0, 0.05) is 11.6 Å². The van der Waals surface area contributed by atoms with Crippen LogP contribution in [0.2, 0.25) is 0 Å². The molecule has 1 aromatic carbocycles. The molecule has 2 aromatic rings. The van der Waals surface area contributed by atoms with Gasteiger partial charge in [-0.3, -0.25) is 0 Å². The van der Waals surface area contributed by atoms with E-state index in [-0.39, 0.29) is 0 Å². The van der Waals surface area contributed by atoms with E-state index >= 15 is 0 Å². The highest BCUT2D eigenvalue weighted by atomic mass is 15.2. The molecule has 0 N–H and O–H groups in total. The molecule has 0 aliphatic carbocycles. The molecule has 0 unspecified atom stereocenters. The Kier molecular flexibility index (Phi) is 1.25. The molecule has 0 aliphatic heterocycles. The first-order valence-electron chi connectivity index (χ1n) is 3.47. The lowest BCUT2D eigenvalue weighted by Crippen LogP contribution is -1.88. The van der Waals surface area contributed by atoms with Crippen LogP contribution in [0.1, 0.15) is 5.56 Å². The summed E-state index contributed by atoms with van der Waals surface area (Å²) in [5, 5.41) is 5.14. The SMILES string of the molecule is [B]n1cc2cc(C)ccc2n1. The molecule has 52 valence electrons. The predicted octanol–water partition coefficient (Wildman–Crippen LogP) is 1.28. The van der Waals surface area contributed by atoms with Crippen LogP contribution in [-0.4, -0.2) is 17.7 Å². The molecule has 0 bridgehead atoms. The van der Waals surface area contributed by atoms with Gasteiger partial charge in [0.15, 0.2) is 0 Å². The van der Waals surface area contributed by atoms with Crippen molar-refractivity contribution in [2.45, 2.75) is 6.92 Å². The van der Waals surface area contributed by atoms with Crippen molar-refractivity contribution in [1.82, 2.24) is 9.69 Å². The zero-order chi connectivity index (χ0) is 7.84. The molecule has 2 radical (unpaired) electrons.